The number of hydrogen-bond donors (Lipinski definition) is 0. The molecule has 0 radical (unpaired) electrons. The van der Waals surface area contributed by atoms with Gasteiger partial charge in [0, 0.05) is 31.5 Å². The Morgan fingerprint density at radius 3 is 2.38 bits per heavy atom. The molecule has 0 aliphatic heterocycles. The quantitative estimate of drug-likeness (QED) is 0.581. The van der Waals surface area contributed by atoms with Gasteiger partial charge in [-0.05, 0) is 36.5 Å². The van der Waals surface area contributed by atoms with Gasteiger partial charge in [-0.1, -0.05) is 44.2 Å². The van der Waals surface area contributed by atoms with Crippen LogP contribution in [0.5, 0.6) is 0 Å². The van der Waals surface area contributed by atoms with Crippen LogP contribution in [0, 0.1) is 5.92 Å². The molecule has 0 unspecified atom stereocenters. The van der Waals surface area contributed by atoms with Crippen LogP contribution in [0.4, 0.5) is 0 Å². The molecular weight excluding hydrogens is 386 g/mol. The first-order valence-corrected chi connectivity index (χ1v) is 10.7. The topological polar surface area (TPSA) is 45.6 Å². The Labute approximate surface area is 178 Å². The summed E-state index contributed by atoms with van der Waals surface area (Å²) >= 11 is 6.49. The van der Waals surface area contributed by atoms with E-state index in [1.54, 1.807) is 4.90 Å². The second-order valence-electron chi connectivity index (χ2n) is 8.25. The summed E-state index contributed by atoms with van der Waals surface area (Å²) in [6.45, 7) is 5.46. The van der Waals surface area contributed by atoms with Crippen LogP contribution in [-0.4, -0.2) is 45.3 Å². The highest BCUT2D eigenvalue weighted by atomic mass is 35.5. The standard InChI is InChI=1S/C23H30ClN3O2/c1-17(2)14-26(15-20-10-7-13-25(20)3)21(28)16-27(19-11-12-19)23(29)22(24)18-8-5-4-6-9-18/h4-10,13,17,19,22H,11-12,14-16H2,1-3H3/t22-/m0/s1. The number of aryl methyl sites for hydroxylation is 1. The predicted molar refractivity (Wildman–Crippen MR) is 115 cm³/mol. The second kappa shape index (κ2) is 9.49. The number of aromatic nitrogens is 1. The summed E-state index contributed by atoms with van der Waals surface area (Å²) in [5.74, 6) is 0.128. The lowest BCUT2D eigenvalue weighted by atomic mass is 10.1. The minimum atomic E-state index is -0.768. The van der Waals surface area contributed by atoms with Crippen molar-refractivity contribution in [3.8, 4) is 0 Å². The maximum absolute atomic E-state index is 13.2. The van der Waals surface area contributed by atoms with E-state index in [9.17, 15) is 9.59 Å². The third-order valence-electron chi connectivity index (χ3n) is 5.23. The maximum atomic E-state index is 13.2. The Bertz CT molecular complexity index is 830. The van der Waals surface area contributed by atoms with Crippen LogP contribution >= 0.6 is 11.6 Å². The lowest BCUT2D eigenvalue weighted by molar-refractivity contribution is -0.141. The van der Waals surface area contributed by atoms with Crippen molar-refractivity contribution < 1.29 is 9.59 Å². The van der Waals surface area contributed by atoms with Crippen molar-refractivity contribution in [2.45, 2.75) is 44.7 Å². The van der Waals surface area contributed by atoms with Gasteiger partial charge in [0.05, 0.1) is 6.54 Å². The highest BCUT2D eigenvalue weighted by Gasteiger charge is 2.37. The number of amides is 2. The summed E-state index contributed by atoms with van der Waals surface area (Å²) < 4.78 is 2.02. The molecule has 1 aliphatic rings. The molecule has 1 atom stereocenters. The molecule has 156 valence electrons. The van der Waals surface area contributed by atoms with Crippen LogP contribution in [0.1, 0.15) is 43.3 Å². The van der Waals surface area contributed by atoms with E-state index >= 15 is 0 Å². The van der Waals surface area contributed by atoms with Gasteiger partial charge >= 0.3 is 0 Å². The molecule has 1 aliphatic carbocycles. The molecule has 0 spiro atoms. The Hall–Kier alpha value is -2.27. The van der Waals surface area contributed by atoms with Crippen LogP contribution < -0.4 is 0 Å². The molecule has 2 aromatic rings. The average Bonchev–Trinajstić information content (AvgIpc) is 3.47. The van der Waals surface area contributed by atoms with Crippen molar-refractivity contribution in [3.63, 3.8) is 0 Å². The number of nitrogens with zero attached hydrogens (tertiary/aromatic N) is 3. The molecule has 0 bridgehead atoms. The van der Waals surface area contributed by atoms with E-state index in [2.05, 4.69) is 13.8 Å². The van der Waals surface area contributed by atoms with Gasteiger partial charge in [0.15, 0.2) is 0 Å². The zero-order chi connectivity index (χ0) is 21.0. The SMILES string of the molecule is CC(C)CN(Cc1cccn1C)C(=O)CN(C(=O)[C@@H](Cl)c1ccccc1)C1CC1. The number of alkyl halides is 1. The highest BCUT2D eigenvalue weighted by molar-refractivity contribution is 6.30. The van der Waals surface area contributed by atoms with Gasteiger partial charge in [-0.2, -0.15) is 0 Å². The summed E-state index contributed by atoms with van der Waals surface area (Å²) in [7, 11) is 1.98. The van der Waals surface area contributed by atoms with Crippen LogP contribution in [-0.2, 0) is 23.2 Å². The van der Waals surface area contributed by atoms with Gasteiger partial charge in [-0.25, -0.2) is 0 Å². The lowest BCUT2D eigenvalue weighted by Gasteiger charge is -2.30. The lowest BCUT2D eigenvalue weighted by Crippen LogP contribution is -2.45. The number of hydrogen-bond acceptors (Lipinski definition) is 2. The predicted octanol–water partition coefficient (Wildman–Crippen LogP) is 3.98. The summed E-state index contributed by atoms with van der Waals surface area (Å²) in [5.41, 5.74) is 1.84. The largest absolute Gasteiger partial charge is 0.353 e. The van der Waals surface area contributed by atoms with Gasteiger partial charge < -0.3 is 14.4 Å². The first kappa shape index (κ1) is 21.4. The van der Waals surface area contributed by atoms with E-state index in [0.717, 1.165) is 24.1 Å². The number of benzene rings is 1. The fraction of sp³-hybridized carbons (Fsp3) is 0.478. The van der Waals surface area contributed by atoms with E-state index < -0.39 is 5.38 Å². The molecule has 1 aromatic heterocycles. The van der Waals surface area contributed by atoms with Crippen molar-refractivity contribution in [3.05, 3.63) is 59.9 Å². The Morgan fingerprint density at radius 1 is 1.14 bits per heavy atom. The maximum Gasteiger partial charge on any atom is 0.245 e. The zero-order valence-electron chi connectivity index (χ0n) is 17.4. The molecule has 29 heavy (non-hydrogen) atoms. The first-order valence-electron chi connectivity index (χ1n) is 10.2. The van der Waals surface area contributed by atoms with E-state index in [0.29, 0.717) is 19.0 Å². The summed E-state index contributed by atoms with van der Waals surface area (Å²) in [6, 6.07) is 13.5. The van der Waals surface area contributed by atoms with Crippen molar-refractivity contribution in [2.24, 2.45) is 13.0 Å². The van der Waals surface area contributed by atoms with Crippen LogP contribution in [0.15, 0.2) is 48.7 Å². The first-order chi connectivity index (χ1) is 13.9. The van der Waals surface area contributed by atoms with E-state index in [1.807, 2.05) is 65.2 Å². The molecule has 1 aromatic carbocycles. The molecular formula is C23H30ClN3O2. The van der Waals surface area contributed by atoms with Crippen LogP contribution in [0.25, 0.3) is 0 Å². The number of rotatable bonds is 9. The van der Waals surface area contributed by atoms with Gasteiger partial charge in [0.2, 0.25) is 11.8 Å². The summed E-state index contributed by atoms with van der Waals surface area (Å²) in [4.78, 5) is 29.8. The van der Waals surface area contributed by atoms with Crippen molar-refractivity contribution >= 4 is 23.4 Å². The van der Waals surface area contributed by atoms with E-state index in [-0.39, 0.29) is 24.4 Å². The van der Waals surface area contributed by atoms with Gasteiger partial charge in [0.25, 0.3) is 0 Å². The molecule has 5 nitrogen and oxygen atoms in total. The molecule has 2 amide bonds. The van der Waals surface area contributed by atoms with Crippen LogP contribution in [0.3, 0.4) is 0 Å². The Morgan fingerprint density at radius 2 is 1.83 bits per heavy atom. The Balaban J connectivity index is 1.73. The van der Waals surface area contributed by atoms with Crippen LogP contribution in [0.2, 0.25) is 0 Å². The second-order valence-corrected chi connectivity index (χ2v) is 8.69. The van der Waals surface area contributed by atoms with Crippen molar-refractivity contribution in [1.29, 1.82) is 0 Å². The smallest absolute Gasteiger partial charge is 0.245 e. The summed E-state index contributed by atoms with van der Waals surface area (Å²) in [6.07, 6.45) is 3.84. The summed E-state index contributed by atoms with van der Waals surface area (Å²) in [5, 5.41) is -0.768. The van der Waals surface area contributed by atoms with Crippen molar-refractivity contribution in [1.82, 2.24) is 14.4 Å². The number of halogens is 1. The van der Waals surface area contributed by atoms with Gasteiger partial charge in [-0.3, -0.25) is 9.59 Å². The normalized spacial score (nSPS) is 14.7. The molecule has 0 N–H and O–H groups in total. The van der Waals surface area contributed by atoms with Crippen molar-refractivity contribution in [2.75, 3.05) is 13.1 Å². The molecule has 1 heterocycles. The van der Waals surface area contributed by atoms with Gasteiger partial charge in [-0.15, -0.1) is 11.6 Å². The monoisotopic (exact) mass is 415 g/mol. The van der Waals surface area contributed by atoms with E-state index in [4.69, 9.17) is 11.6 Å². The number of carbonyl (C=O) groups is 2. The molecule has 3 rings (SSSR count). The zero-order valence-corrected chi connectivity index (χ0v) is 18.2. The minimum Gasteiger partial charge on any atom is -0.353 e. The average molecular weight is 416 g/mol. The highest BCUT2D eigenvalue weighted by Crippen LogP contribution is 2.32. The molecule has 1 fully saturated rings. The minimum absolute atomic E-state index is 0.0305. The third kappa shape index (κ3) is 5.63. The number of carbonyl (C=O) groups excluding carboxylic acids is 2. The molecule has 1 saturated carbocycles. The molecule has 0 saturated heterocycles. The molecule has 6 heteroatoms. The Kier molecular flexibility index (Phi) is 7.01. The third-order valence-corrected chi connectivity index (χ3v) is 5.67. The van der Waals surface area contributed by atoms with Gasteiger partial charge in [0.1, 0.15) is 11.9 Å². The fourth-order valence-electron chi connectivity index (χ4n) is 3.48. The van der Waals surface area contributed by atoms with E-state index in [1.165, 1.54) is 0 Å². The fourth-order valence-corrected chi connectivity index (χ4v) is 3.75.